The molecule has 5 N–H and O–H groups in total. The number of benzene rings is 2. The molecule has 0 saturated carbocycles. The lowest BCUT2D eigenvalue weighted by Gasteiger charge is -2.13. The van der Waals surface area contributed by atoms with Crippen molar-refractivity contribution >= 4 is 22.6 Å². The Kier molecular flexibility index (Phi) is 8.02. The number of aromatic amines is 1. The highest BCUT2D eigenvalue weighted by molar-refractivity contribution is 5.83. The highest BCUT2D eigenvalue weighted by Crippen LogP contribution is 2.19. The van der Waals surface area contributed by atoms with Crippen LogP contribution < -0.4 is 26.7 Å². The maximum Gasteiger partial charge on any atom is 0.293 e. The monoisotopic (exact) mass is 488 g/mol. The summed E-state index contributed by atoms with van der Waals surface area (Å²) in [4.78, 5) is 33.1. The predicted octanol–water partition coefficient (Wildman–Crippen LogP) is 2.65. The minimum Gasteiger partial charge on any atom is -0.492 e. The molecular weight excluding hydrogens is 456 g/mol. The summed E-state index contributed by atoms with van der Waals surface area (Å²) in [5, 5.41) is 7.15. The number of carbonyl (C=O) groups excluding carboxylic acids is 1. The van der Waals surface area contributed by atoms with Gasteiger partial charge in [0, 0.05) is 48.6 Å². The van der Waals surface area contributed by atoms with E-state index in [9.17, 15) is 9.59 Å². The molecule has 2 aromatic heterocycles. The van der Waals surface area contributed by atoms with E-state index in [-0.39, 0.29) is 23.8 Å². The standard InChI is InChI=1S/C27H32N6O3/c1-18-14-30-24-7-6-21(13-23(18)24)16-31-25(34)17-33-19(2)15-32-26(27(33)35)29-10-8-20-4-3-5-22(12-20)36-11-9-28/h3-7,12-15,30H,8-11,16-17,28H2,1-2H3,(H,29,32)(H,31,34). The van der Waals surface area contributed by atoms with Crippen molar-refractivity contribution in [2.75, 3.05) is 25.0 Å². The Balaban J connectivity index is 1.34. The van der Waals surface area contributed by atoms with Crippen molar-refractivity contribution in [2.45, 2.75) is 33.4 Å². The molecule has 0 aliphatic rings. The Morgan fingerprint density at radius 2 is 2.03 bits per heavy atom. The summed E-state index contributed by atoms with van der Waals surface area (Å²) >= 11 is 0. The van der Waals surface area contributed by atoms with Crippen LogP contribution in [-0.4, -0.2) is 40.1 Å². The van der Waals surface area contributed by atoms with Crippen molar-refractivity contribution in [3.63, 3.8) is 0 Å². The van der Waals surface area contributed by atoms with Gasteiger partial charge in [-0.15, -0.1) is 0 Å². The van der Waals surface area contributed by atoms with Crippen LogP contribution in [0.25, 0.3) is 10.9 Å². The molecule has 0 radical (unpaired) electrons. The molecular formula is C27H32N6O3. The van der Waals surface area contributed by atoms with Gasteiger partial charge in [-0.05, 0) is 61.2 Å². The van der Waals surface area contributed by atoms with Crippen molar-refractivity contribution in [1.29, 1.82) is 0 Å². The van der Waals surface area contributed by atoms with Gasteiger partial charge in [0.1, 0.15) is 18.9 Å². The number of hydrogen-bond donors (Lipinski definition) is 4. The zero-order valence-corrected chi connectivity index (χ0v) is 20.6. The van der Waals surface area contributed by atoms with Crippen molar-refractivity contribution < 1.29 is 9.53 Å². The van der Waals surface area contributed by atoms with E-state index in [0.717, 1.165) is 33.3 Å². The summed E-state index contributed by atoms with van der Waals surface area (Å²) in [6.45, 7) is 5.55. The van der Waals surface area contributed by atoms with Gasteiger partial charge in [0.2, 0.25) is 5.91 Å². The number of nitrogens with zero attached hydrogens (tertiary/aromatic N) is 2. The SMILES string of the molecule is Cc1c[nH]c2ccc(CNC(=O)Cn3c(C)cnc(NCCc4cccc(OCCN)c4)c3=O)cc12. The number of nitrogens with two attached hydrogens (primary N) is 1. The molecule has 36 heavy (non-hydrogen) atoms. The lowest BCUT2D eigenvalue weighted by Crippen LogP contribution is -2.34. The van der Waals surface area contributed by atoms with E-state index < -0.39 is 0 Å². The van der Waals surface area contributed by atoms with Crippen molar-refractivity contribution in [1.82, 2.24) is 19.9 Å². The van der Waals surface area contributed by atoms with Gasteiger partial charge in [-0.1, -0.05) is 18.2 Å². The van der Waals surface area contributed by atoms with Crippen LogP contribution in [0.5, 0.6) is 5.75 Å². The fraction of sp³-hybridized carbons (Fsp3) is 0.296. The molecule has 0 spiro atoms. The molecule has 0 atom stereocenters. The van der Waals surface area contributed by atoms with E-state index in [2.05, 4.69) is 26.7 Å². The Morgan fingerprint density at radius 3 is 2.86 bits per heavy atom. The summed E-state index contributed by atoms with van der Waals surface area (Å²) in [6, 6.07) is 13.8. The molecule has 4 rings (SSSR count). The van der Waals surface area contributed by atoms with Gasteiger partial charge in [-0.25, -0.2) is 4.98 Å². The van der Waals surface area contributed by atoms with Crippen LogP contribution >= 0.6 is 0 Å². The number of carbonyl (C=O) groups is 1. The Labute approximate surface area is 209 Å². The van der Waals surface area contributed by atoms with Crippen LogP contribution in [0.15, 0.2) is 59.7 Å². The van der Waals surface area contributed by atoms with Gasteiger partial charge in [-0.3, -0.25) is 14.2 Å². The number of rotatable bonds is 11. The molecule has 2 aromatic carbocycles. The summed E-state index contributed by atoms with van der Waals surface area (Å²) in [6.07, 6.45) is 4.24. The number of hydrogen-bond acceptors (Lipinski definition) is 6. The molecule has 0 aliphatic carbocycles. The maximum atomic E-state index is 13.0. The first-order chi connectivity index (χ1) is 17.4. The van der Waals surface area contributed by atoms with Crippen molar-refractivity contribution in [3.05, 3.63) is 87.6 Å². The highest BCUT2D eigenvalue weighted by atomic mass is 16.5. The lowest BCUT2D eigenvalue weighted by molar-refractivity contribution is -0.121. The zero-order valence-electron chi connectivity index (χ0n) is 20.6. The molecule has 4 aromatic rings. The third kappa shape index (κ3) is 6.11. The number of H-pyrrole nitrogens is 1. The predicted molar refractivity (Wildman–Crippen MR) is 141 cm³/mol. The number of aromatic nitrogens is 3. The van der Waals surface area contributed by atoms with Gasteiger partial charge < -0.3 is 26.1 Å². The average Bonchev–Trinajstić information content (AvgIpc) is 3.25. The Bertz CT molecular complexity index is 1410. The second kappa shape index (κ2) is 11.5. The highest BCUT2D eigenvalue weighted by Gasteiger charge is 2.12. The first-order valence-electron chi connectivity index (χ1n) is 12.0. The topological polar surface area (TPSA) is 127 Å². The fourth-order valence-corrected chi connectivity index (χ4v) is 4.00. The van der Waals surface area contributed by atoms with E-state index in [4.69, 9.17) is 10.5 Å². The zero-order chi connectivity index (χ0) is 25.5. The number of ether oxygens (including phenoxy) is 1. The fourth-order valence-electron chi connectivity index (χ4n) is 4.00. The first kappa shape index (κ1) is 25.0. The van der Waals surface area contributed by atoms with Crippen LogP contribution in [0.4, 0.5) is 5.82 Å². The van der Waals surface area contributed by atoms with Crippen molar-refractivity contribution in [3.8, 4) is 5.75 Å². The molecule has 0 unspecified atom stereocenters. The summed E-state index contributed by atoms with van der Waals surface area (Å²) in [5.74, 6) is 0.748. The van der Waals surface area contributed by atoms with Gasteiger partial charge in [0.25, 0.3) is 5.56 Å². The average molecular weight is 489 g/mol. The van der Waals surface area contributed by atoms with E-state index in [1.807, 2.05) is 49.5 Å². The number of nitrogens with one attached hydrogen (secondary N) is 3. The van der Waals surface area contributed by atoms with E-state index in [1.54, 1.807) is 13.1 Å². The second-order valence-corrected chi connectivity index (χ2v) is 8.73. The Morgan fingerprint density at radius 1 is 1.17 bits per heavy atom. The summed E-state index contributed by atoms with van der Waals surface area (Å²) in [7, 11) is 0. The minimum absolute atomic E-state index is 0.0756. The molecule has 188 valence electrons. The Hall–Kier alpha value is -4.11. The number of anilines is 1. The normalized spacial score (nSPS) is 11.0. The van der Waals surface area contributed by atoms with E-state index in [1.165, 1.54) is 4.57 Å². The van der Waals surface area contributed by atoms with Gasteiger partial charge >= 0.3 is 0 Å². The van der Waals surface area contributed by atoms with Gasteiger partial charge in [0.05, 0.1) is 0 Å². The number of fused-ring (bicyclic) bond motifs is 1. The first-order valence-corrected chi connectivity index (χ1v) is 12.0. The van der Waals surface area contributed by atoms with E-state index in [0.29, 0.717) is 38.4 Å². The third-order valence-electron chi connectivity index (χ3n) is 5.99. The largest absolute Gasteiger partial charge is 0.492 e. The van der Waals surface area contributed by atoms with Gasteiger partial charge in [0.15, 0.2) is 5.82 Å². The smallest absolute Gasteiger partial charge is 0.293 e. The second-order valence-electron chi connectivity index (χ2n) is 8.73. The number of amides is 1. The molecule has 0 bridgehead atoms. The molecule has 1 amide bonds. The summed E-state index contributed by atoms with van der Waals surface area (Å²) < 4.78 is 7.00. The molecule has 0 fully saturated rings. The van der Waals surface area contributed by atoms with Crippen LogP contribution in [-0.2, 0) is 24.3 Å². The van der Waals surface area contributed by atoms with Crippen LogP contribution in [0, 0.1) is 13.8 Å². The van der Waals surface area contributed by atoms with Gasteiger partial charge in [-0.2, -0.15) is 0 Å². The number of aryl methyl sites for hydroxylation is 2. The van der Waals surface area contributed by atoms with Crippen LogP contribution in [0.1, 0.15) is 22.4 Å². The third-order valence-corrected chi connectivity index (χ3v) is 5.99. The molecule has 0 saturated heterocycles. The minimum atomic E-state index is -0.324. The summed E-state index contributed by atoms with van der Waals surface area (Å²) in [5.41, 5.74) is 10.1. The van der Waals surface area contributed by atoms with E-state index >= 15 is 0 Å². The lowest BCUT2D eigenvalue weighted by atomic mass is 10.1. The molecule has 9 heteroatoms. The maximum absolute atomic E-state index is 13.0. The quantitative estimate of drug-likeness (QED) is 0.257. The van der Waals surface area contributed by atoms with Crippen LogP contribution in [0.2, 0.25) is 0 Å². The molecule has 2 heterocycles. The molecule has 9 nitrogen and oxygen atoms in total. The van der Waals surface area contributed by atoms with Crippen molar-refractivity contribution in [2.24, 2.45) is 5.73 Å². The van der Waals surface area contributed by atoms with Crippen LogP contribution in [0.3, 0.4) is 0 Å². The molecule has 0 aliphatic heterocycles.